The Balaban J connectivity index is 1.62. The minimum Gasteiger partial charge on any atom is -0.336 e. The molecule has 3 rings (SSSR count). The van der Waals surface area contributed by atoms with Gasteiger partial charge in [-0.25, -0.2) is 4.68 Å². The van der Waals surface area contributed by atoms with Crippen LogP contribution < -0.4 is 0 Å². The Bertz CT molecular complexity index is 748. The summed E-state index contributed by atoms with van der Waals surface area (Å²) in [5, 5.41) is 13.2. The second kappa shape index (κ2) is 8.83. The molecule has 0 bridgehead atoms. The van der Waals surface area contributed by atoms with Gasteiger partial charge in [-0.05, 0) is 55.1 Å². The molecular formula is C17H23ClN6OS. The van der Waals surface area contributed by atoms with Crippen molar-refractivity contribution in [3.63, 3.8) is 0 Å². The molecule has 0 atom stereocenters. The zero-order chi connectivity index (χ0) is 18.5. The SMILES string of the molecule is CN(C)CCN(Cc1cccc(Cl)c1)C(=O)CSc1nnnn1C1CC1. The third-order valence-electron chi connectivity index (χ3n) is 4.11. The van der Waals surface area contributed by atoms with E-state index in [2.05, 4.69) is 20.4 Å². The maximum atomic E-state index is 12.8. The minimum atomic E-state index is 0.0715. The number of thioether (sulfide) groups is 1. The first-order chi connectivity index (χ1) is 12.5. The van der Waals surface area contributed by atoms with Crippen molar-refractivity contribution in [2.75, 3.05) is 32.9 Å². The lowest BCUT2D eigenvalue weighted by Gasteiger charge is -2.24. The smallest absolute Gasteiger partial charge is 0.233 e. The van der Waals surface area contributed by atoms with Crippen molar-refractivity contribution in [1.29, 1.82) is 0 Å². The van der Waals surface area contributed by atoms with Crippen LogP contribution in [0.25, 0.3) is 0 Å². The van der Waals surface area contributed by atoms with Crippen molar-refractivity contribution in [2.45, 2.75) is 30.6 Å². The number of halogens is 1. The van der Waals surface area contributed by atoms with Gasteiger partial charge < -0.3 is 9.80 Å². The Morgan fingerprint density at radius 3 is 2.85 bits per heavy atom. The normalized spacial score (nSPS) is 14.0. The van der Waals surface area contributed by atoms with Gasteiger partial charge in [0, 0.05) is 24.7 Å². The number of carbonyl (C=O) groups excluding carboxylic acids is 1. The van der Waals surface area contributed by atoms with Crippen LogP contribution in [0.1, 0.15) is 24.4 Å². The highest BCUT2D eigenvalue weighted by atomic mass is 35.5. The number of aromatic nitrogens is 4. The van der Waals surface area contributed by atoms with Crippen LogP contribution in [0.15, 0.2) is 29.4 Å². The fraction of sp³-hybridized carbons (Fsp3) is 0.529. The number of carbonyl (C=O) groups is 1. The van der Waals surface area contributed by atoms with Crippen LogP contribution in [0.3, 0.4) is 0 Å². The van der Waals surface area contributed by atoms with Gasteiger partial charge >= 0.3 is 0 Å². The van der Waals surface area contributed by atoms with Gasteiger partial charge in [-0.15, -0.1) is 5.10 Å². The van der Waals surface area contributed by atoms with Gasteiger partial charge in [0.25, 0.3) is 0 Å². The summed E-state index contributed by atoms with van der Waals surface area (Å²) in [6, 6.07) is 8.04. The molecule has 2 aromatic rings. The zero-order valence-corrected chi connectivity index (χ0v) is 16.6. The summed E-state index contributed by atoms with van der Waals surface area (Å²) >= 11 is 7.48. The highest BCUT2D eigenvalue weighted by molar-refractivity contribution is 7.99. The van der Waals surface area contributed by atoms with Crippen LogP contribution >= 0.6 is 23.4 Å². The molecule has 7 nitrogen and oxygen atoms in total. The lowest BCUT2D eigenvalue weighted by molar-refractivity contribution is -0.129. The summed E-state index contributed by atoms with van der Waals surface area (Å²) in [6.07, 6.45) is 2.21. The summed E-state index contributed by atoms with van der Waals surface area (Å²) < 4.78 is 1.83. The fourth-order valence-electron chi connectivity index (χ4n) is 2.51. The standard InChI is InChI=1S/C17H23ClN6OS/c1-22(2)8-9-23(11-13-4-3-5-14(18)10-13)16(25)12-26-17-19-20-21-24(17)15-6-7-15/h3-5,10,15H,6-9,11-12H2,1-2H3. The average molecular weight is 395 g/mol. The Morgan fingerprint density at radius 2 is 2.15 bits per heavy atom. The molecule has 1 aliphatic rings. The quantitative estimate of drug-likeness (QED) is 0.608. The third-order valence-corrected chi connectivity index (χ3v) is 5.27. The summed E-state index contributed by atoms with van der Waals surface area (Å²) in [6.45, 7) is 2.00. The van der Waals surface area contributed by atoms with Crippen molar-refractivity contribution >= 4 is 29.3 Å². The van der Waals surface area contributed by atoms with Gasteiger partial charge in [0.2, 0.25) is 11.1 Å². The van der Waals surface area contributed by atoms with E-state index in [1.54, 1.807) is 0 Å². The number of rotatable bonds is 9. The molecule has 9 heteroatoms. The summed E-state index contributed by atoms with van der Waals surface area (Å²) in [4.78, 5) is 16.7. The van der Waals surface area contributed by atoms with E-state index in [-0.39, 0.29) is 5.91 Å². The molecule has 1 heterocycles. The first-order valence-corrected chi connectivity index (χ1v) is 9.97. The highest BCUT2D eigenvalue weighted by Gasteiger charge is 2.28. The second-order valence-electron chi connectivity index (χ2n) is 6.67. The number of tetrazole rings is 1. The first-order valence-electron chi connectivity index (χ1n) is 8.60. The molecule has 0 saturated heterocycles. The molecular weight excluding hydrogens is 372 g/mol. The van der Waals surface area contributed by atoms with Crippen LogP contribution in [0.4, 0.5) is 0 Å². The highest BCUT2D eigenvalue weighted by Crippen LogP contribution is 2.36. The molecule has 0 unspecified atom stereocenters. The van der Waals surface area contributed by atoms with Gasteiger partial charge in [-0.1, -0.05) is 35.5 Å². The number of likely N-dealkylation sites (N-methyl/N-ethyl adjacent to an activating group) is 1. The van der Waals surface area contributed by atoms with Gasteiger partial charge in [0.15, 0.2) is 0 Å². The van der Waals surface area contributed by atoms with Crippen molar-refractivity contribution in [1.82, 2.24) is 30.0 Å². The van der Waals surface area contributed by atoms with E-state index in [0.717, 1.165) is 30.1 Å². The monoisotopic (exact) mass is 394 g/mol. The number of hydrogen-bond acceptors (Lipinski definition) is 6. The van der Waals surface area contributed by atoms with E-state index < -0.39 is 0 Å². The van der Waals surface area contributed by atoms with Crippen LogP contribution in [0, 0.1) is 0 Å². The summed E-state index contributed by atoms with van der Waals surface area (Å²) in [5.41, 5.74) is 1.03. The molecule has 1 saturated carbocycles. The number of benzene rings is 1. The average Bonchev–Trinajstić information content (AvgIpc) is 3.34. The van der Waals surface area contributed by atoms with Crippen LogP contribution in [0.5, 0.6) is 0 Å². The summed E-state index contributed by atoms with van der Waals surface area (Å²) in [7, 11) is 4.00. The van der Waals surface area contributed by atoms with E-state index in [9.17, 15) is 4.79 Å². The lowest BCUT2D eigenvalue weighted by atomic mass is 10.2. The predicted molar refractivity (Wildman–Crippen MR) is 102 cm³/mol. The van der Waals surface area contributed by atoms with Crippen LogP contribution in [0.2, 0.25) is 5.02 Å². The Hall–Kier alpha value is -1.64. The predicted octanol–water partition coefficient (Wildman–Crippen LogP) is 2.34. The van der Waals surface area contributed by atoms with Gasteiger partial charge in [0.05, 0.1) is 11.8 Å². The molecule has 1 aromatic carbocycles. The molecule has 0 aliphatic heterocycles. The molecule has 140 valence electrons. The van der Waals surface area contributed by atoms with Crippen molar-refractivity contribution < 1.29 is 4.79 Å². The zero-order valence-electron chi connectivity index (χ0n) is 15.0. The van der Waals surface area contributed by atoms with Crippen LogP contribution in [-0.2, 0) is 11.3 Å². The lowest BCUT2D eigenvalue weighted by Crippen LogP contribution is -2.37. The van der Waals surface area contributed by atoms with E-state index in [0.29, 0.717) is 29.9 Å². The van der Waals surface area contributed by atoms with E-state index in [1.807, 2.05) is 47.9 Å². The summed E-state index contributed by atoms with van der Waals surface area (Å²) in [5.74, 6) is 0.392. The topological polar surface area (TPSA) is 67.2 Å². The minimum absolute atomic E-state index is 0.0715. The van der Waals surface area contributed by atoms with E-state index >= 15 is 0 Å². The number of amides is 1. The maximum absolute atomic E-state index is 12.8. The van der Waals surface area contributed by atoms with Gasteiger partial charge in [-0.2, -0.15) is 0 Å². The molecule has 1 aliphatic carbocycles. The largest absolute Gasteiger partial charge is 0.336 e. The van der Waals surface area contributed by atoms with Crippen LogP contribution in [-0.4, -0.2) is 68.9 Å². The van der Waals surface area contributed by atoms with Gasteiger partial charge in [0.1, 0.15) is 0 Å². The van der Waals surface area contributed by atoms with Crippen molar-refractivity contribution in [3.05, 3.63) is 34.9 Å². The fourth-order valence-corrected chi connectivity index (χ4v) is 3.57. The molecule has 0 spiro atoms. The maximum Gasteiger partial charge on any atom is 0.233 e. The molecule has 26 heavy (non-hydrogen) atoms. The Labute approximate surface area is 162 Å². The second-order valence-corrected chi connectivity index (χ2v) is 8.05. The molecule has 1 aromatic heterocycles. The van der Waals surface area contributed by atoms with E-state index in [1.165, 1.54) is 11.8 Å². The van der Waals surface area contributed by atoms with Crippen molar-refractivity contribution in [3.8, 4) is 0 Å². The molecule has 1 amide bonds. The third kappa shape index (κ3) is 5.43. The molecule has 0 radical (unpaired) electrons. The van der Waals surface area contributed by atoms with E-state index in [4.69, 9.17) is 11.6 Å². The Morgan fingerprint density at radius 1 is 1.35 bits per heavy atom. The van der Waals surface area contributed by atoms with Crippen molar-refractivity contribution in [2.24, 2.45) is 0 Å². The number of hydrogen-bond donors (Lipinski definition) is 0. The molecule has 0 N–H and O–H groups in total. The Kier molecular flexibility index (Phi) is 6.50. The number of nitrogens with zero attached hydrogens (tertiary/aromatic N) is 6. The first kappa shape index (κ1) is 19.1. The molecule has 1 fully saturated rings. The van der Waals surface area contributed by atoms with Gasteiger partial charge in [-0.3, -0.25) is 4.79 Å².